The van der Waals surface area contributed by atoms with Crippen molar-refractivity contribution in [1.82, 2.24) is 0 Å². The third kappa shape index (κ3) is 7.44. The molecule has 4 aromatic carbocycles. The highest BCUT2D eigenvalue weighted by Crippen LogP contribution is 2.42. The SMILES string of the molecule is CN(C(=O)OC(C)(C)C)c1ccc(N2CCCS2(=O)=O)c2oc(-c3ccc(OCc4ccccc4)c(Cl)c3)c(OCc3ccccc3)c(=O)c12. The lowest BCUT2D eigenvalue weighted by Crippen LogP contribution is -2.35. The molecule has 1 aromatic heterocycles. The number of nitrogens with zero attached hydrogens (tertiary/aromatic N) is 2. The van der Waals surface area contributed by atoms with Gasteiger partial charge in [-0.3, -0.25) is 14.0 Å². The van der Waals surface area contributed by atoms with E-state index < -0.39 is 27.1 Å². The molecule has 0 aliphatic carbocycles. The predicted molar refractivity (Wildman–Crippen MR) is 195 cm³/mol. The number of halogens is 1. The summed E-state index contributed by atoms with van der Waals surface area (Å²) in [4.78, 5) is 29.2. The van der Waals surface area contributed by atoms with Gasteiger partial charge < -0.3 is 18.6 Å². The van der Waals surface area contributed by atoms with E-state index in [4.69, 9.17) is 30.2 Å². The number of hydrogen-bond acceptors (Lipinski definition) is 8. The predicted octanol–water partition coefficient (Wildman–Crippen LogP) is 8.18. The summed E-state index contributed by atoms with van der Waals surface area (Å²) in [6.45, 7) is 5.71. The Labute approximate surface area is 295 Å². The summed E-state index contributed by atoms with van der Waals surface area (Å²) in [6.07, 6.45) is -0.313. The Morgan fingerprint density at radius 2 is 1.56 bits per heavy atom. The Balaban J connectivity index is 1.54. The lowest BCUT2D eigenvalue weighted by Gasteiger charge is -2.26. The smallest absolute Gasteiger partial charge is 0.414 e. The summed E-state index contributed by atoms with van der Waals surface area (Å²) >= 11 is 6.72. The highest BCUT2D eigenvalue weighted by Gasteiger charge is 2.34. The monoisotopic (exact) mass is 716 g/mol. The van der Waals surface area contributed by atoms with Crippen LogP contribution in [0.4, 0.5) is 16.2 Å². The van der Waals surface area contributed by atoms with Crippen LogP contribution in [-0.2, 0) is 28.0 Å². The van der Waals surface area contributed by atoms with Crippen LogP contribution in [-0.4, -0.2) is 39.5 Å². The van der Waals surface area contributed by atoms with E-state index in [2.05, 4.69) is 0 Å². The molecule has 1 aliphatic heterocycles. The molecule has 260 valence electrons. The fourth-order valence-electron chi connectivity index (χ4n) is 5.61. The Morgan fingerprint density at radius 3 is 2.14 bits per heavy atom. The zero-order valence-electron chi connectivity index (χ0n) is 28.1. The maximum absolute atomic E-state index is 14.7. The molecule has 12 heteroatoms. The van der Waals surface area contributed by atoms with Gasteiger partial charge in [0.15, 0.2) is 11.3 Å². The average molecular weight is 717 g/mol. The van der Waals surface area contributed by atoms with Crippen molar-refractivity contribution in [1.29, 1.82) is 0 Å². The van der Waals surface area contributed by atoms with Crippen LogP contribution in [0.3, 0.4) is 0 Å². The van der Waals surface area contributed by atoms with Gasteiger partial charge in [-0.1, -0.05) is 72.3 Å². The van der Waals surface area contributed by atoms with Gasteiger partial charge in [0.2, 0.25) is 21.2 Å². The second-order valence-electron chi connectivity index (χ2n) is 12.9. The van der Waals surface area contributed by atoms with Gasteiger partial charge in [-0.05, 0) is 68.7 Å². The van der Waals surface area contributed by atoms with Gasteiger partial charge in [0, 0.05) is 19.2 Å². The number of carbonyl (C=O) groups excluding carboxylic acids is 1. The zero-order chi connectivity index (χ0) is 35.6. The van der Waals surface area contributed by atoms with E-state index in [0.29, 0.717) is 17.7 Å². The molecule has 0 radical (unpaired) electrons. The fourth-order valence-corrected chi connectivity index (χ4v) is 7.41. The lowest BCUT2D eigenvalue weighted by molar-refractivity contribution is 0.0589. The molecule has 0 N–H and O–H groups in total. The number of benzene rings is 4. The van der Waals surface area contributed by atoms with Crippen LogP contribution < -0.4 is 24.1 Å². The molecule has 6 rings (SSSR count). The molecule has 1 aliphatic rings. The first-order valence-electron chi connectivity index (χ1n) is 16.1. The van der Waals surface area contributed by atoms with Crippen molar-refractivity contribution in [2.24, 2.45) is 0 Å². The van der Waals surface area contributed by atoms with Gasteiger partial charge in [0.1, 0.15) is 24.6 Å². The first kappa shape index (κ1) is 34.8. The molecule has 0 saturated carbocycles. The fraction of sp³-hybridized carbons (Fsp3) is 0.263. The molecular weight excluding hydrogens is 680 g/mol. The van der Waals surface area contributed by atoms with E-state index in [1.165, 1.54) is 28.4 Å². The quantitative estimate of drug-likeness (QED) is 0.150. The van der Waals surface area contributed by atoms with Crippen LogP contribution in [0.25, 0.3) is 22.3 Å². The summed E-state index contributed by atoms with van der Waals surface area (Å²) in [5, 5.41) is 0.217. The number of sulfonamides is 1. The van der Waals surface area contributed by atoms with E-state index in [1.54, 1.807) is 39.0 Å². The minimum Gasteiger partial charge on any atom is -0.487 e. The van der Waals surface area contributed by atoms with Crippen molar-refractivity contribution in [2.75, 3.05) is 28.6 Å². The van der Waals surface area contributed by atoms with Gasteiger partial charge >= 0.3 is 6.09 Å². The topological polar surface area (TPSA) is 116 Å². The minimum atomic E-state index is -3.70. The van der Waals surface area contributed by atoms with Gasteiger partial charge in [-0.2, -0.15) is 0 Å². The number of hydrogen-bond donors (Lipinski definition) is 0. The summed E-state index contributed by atoms with van der Waals surface area (Å²) in [7, 11) is -2.22. The average Bonchev–Trinajstić information content (AvgIpc) is 3.44. The van der Waals surface area contributed by atoms with E-state index in [1.807, 2.05) is 60.7 Å². The van der Waals surface area contributed by atoms with Crippen molar-refractivity contribution in [3.8, 4) is 22.8 Å². The summed E-state index contributed by atoms with van der Waals surface area (Å²) < 4.78 is 51.9. The lowest BCUT2D eigenvalue weighted by atomic mass is 10.1. The normalized spacial score (nSPS) is 14.1. The van der Waals surface area contributed by atoms with Gasteiger partial charge in [-0.25, -0.2) is 13.2 Å². The first-order chi connectivity index (χ1) is 23.8. The maximum atomic E-state index is 14.7. The van der Waals surface area contributed by atoms with Crippen LogP contribution in [0, 0.1) is 0 Å². The second-order valence-corrected chi connectivity index (χ2v) is 15.3. The van der Waals surface area contributed by atoms with Crippen molar-refractivity contribution in [3.63, 3.8) is 0 Å². The molecule has 0 unspecified atom stereocenters. The highest BCUT2D eigenvalue weighted by molar-refractivity contribution is 7.93. The molecule has 0 bridgehead atoms. The molecule has 50 heavy (non-hydrogen) atoms. The number of amides is 1. The molecule has 1 fully saturated rings. The minimum absolute atomic E-state index is 0.0214. The van der Waals surface area contributed by atoms with Crippen LogP contribution in [0.1, 0.15) is 38.3 Å². The van der Waals surface area contributed by atoms with E-state index in [9.17, 15) is 18.0 Å². The molecule has 0 atom stereocenters. The Bertz CT molecular complexity index is 2200. The summed E-state index contributed by atoms with van der Waals surface area (Å²) in [5.74, 6) is 0.253. The molecule has 5 aromatic rings. The van der Waals surface area contributed by atoms with Crippen molar-refractivity contribution in [2.45, 2.75) is 46.0 Å². The van der Waals surface area contributed by atoms with Crippen molar-refractivity contribution in [3.05, 3.63) is 117 Å². The standard InChI is InChI=1S/C38H37ClN2O8S/c1-38(2,3)49-37(43)40(4)29-17-18-30(41-20-11-21-50(41,44)45)35-32(29)33(42)36(47-24-26-14-9-6-10-15-26)34(48-35)27-16-19-31(28(39)22-27)46-23-25-12-7-5-8-13-25/h5-10,12-19,22H,11,20-21,23-24H2,1-4H3. The van der Waals surface area contributed by atoms with Crippen LogP contribution in [0.5, 0.6) is 11.5 Å². The van der Waals surface area contributed by atoms with Crippen LogP contribution in [0.15, 0.2) is 100 Å². The van der Waals surface area contributed by atoms with Gasteiger partial charge in [0.25, 0.3) is 0 Å². The Morgan fingerprint density at radius 1 is 0.920 bits per heavy atom. The zero-order valence-corrected chi connectivity index (χ0v) is 29.7. The highest BCUT2D eigenvalue weighted by atomic mass is 35.5. The Hall–Kier alpha value is -5.00. The largest absolute Gasteiger partial charge is 0.487 e. The number of carbonyl (C=O) groups is 1. The molecule has 1 amide bonds. The number of anilines is 2. The number of ether oxygens (including phenoxy) is 3. The molecule has 1 saturated heterocycles. The number of fused-ring (bicyclic) bond motifs is 1. The van der Waals surface area contributed by atoms with Crippen LogP contribution >= 0.6 is 11.6 Å². The summed E-state index contributed by atoms with van der Waals surface area (Å²) in [6, 6.07) is 26.9. The molecule has 0 spiro atoms. The maximum Gasteiger partial charge on any atom is 0.414 e. The molecule has 10 nitrogen and oxygen atoms in total. The number of rotatable bonds is 9. The second kappa shape index (κ2) is 14.1. The van der Waals surface area contributed by atoms with Crippen molar-refractivity contribution < 1.29 is 31.8 Å². The van der Waals surface area contributed by atoms with E-state index in [0.717, 1.165) is 11.1 Å². The van der Waals surface area contributed by atoms with E-state index >= 15 is 0 Å². The van der Waals surface area contributed by atoms with Crippen LogP contribution in [0.2, 0.25) is 5.02 Å². The summed E-state index contributed by atoms with van der Waals surface area (Å²) in [5.41, 5.74) is 1.01. The third-order valence-electron chi connectivity index (χ3n) is 8.01. The van der Waals surface area contributed by atoms with E-state index in [-0.39, 0.29) is 64.4 Å². The van der Waals surface area contributed by atoms with Gasteiger partial charge in [0.05, 0.1) is 27.5 Å². The third-order valence-corrected chi connectivity index (χ3v) is 10.2. The van der Waals surface area contributed by atoms with Crippen molar-refractivity contribution >= 4 is 50.1 Å². The molecule has 2 heterocycles. The Kier molecular flexibility index (Phi) is 9.82. The van der Waals surface area contributed by atoms with Gasteiger partial charge in [-0.15, -0.1) is 0 Å². The molecular formula is C38H37ClN2O8S. The first-order valence-corrected chi connectivity index (χ1v) is 18.1.